The number of rotatable bonds is 1. The first-order valence-electron chi connectivity index (χ1n) is 9.11. The standard InChI is InChI=1S/C24H21NO4/c1-24(2,3)29-23(27)25-20(15-14-18-10-6-4-7-11-18)17-28-21(22(25)26)16-19-12-8-5-9-13-19/h4-13,16-17H,1-3H3/b21-16-. The van der Waals surface area contributed by atoms with Crippen molar-refractivity contribution in [3.63, 3.8) is 0 Å². The smallest absolute Gasteiger partial charge is 0.422 e. The first-order valence-corrected chi connectivity index (χ1v) is 9.11. The summed E-state index contributed by atoms with van der Waals surface area (Å²) in [6.07, 6.45) is 2.05. The van der Waals surface area contributed by atoms with Crippen LogP contribution < -0.4 is 0 Å². The van der Waals surface area contributed by atoms with E-state index in [2.05, 4.69) is 11.8 Å². The number of amides is 2. The predicted molar refractivity (Wildman–Crippen MR) is 110 cm³/mol. The first kappa shape index (κ1) is 20.0. The molecule has 0 saturated carbocycles. The van der Waals surface area contributed by atoms with E-state index >= 15 is 0 Å². The van der Waals surface area contributed by atoms with Crippen LogP contribution in [0.5, 0.6) is 0 Å². The second-order valence-electron chi connectivity index (χ2n) is 7.28. The molecule has 5 heteroatoms. The summed E-state index contributed by atoms with van der Waals surface area (Å²) in [4.78, 5) is 26.6. The van der Waals surface area contributed by atoms with Gasteiger partial charge in [0.1, 0.15) is 17.6 Å². The third-order valence-corrected chi connectivity index (χ3v) is 3.73. The molecule has 0 aromatic heterocycles. The average molecular weight is 387 g/mol. The molecule has 5 nitrogen and oxygen atoms in total. The Bertz CT molecular complexity index is 1020. The zero-order valence-electron chi connectivity index (χ0n) is 16.5. The van der Waals surface area contributed by atoms with Gasteiger partial charge in [-0.1, -0.05) is 54.5 Å². The molecule has 2 amide bonds. The fourth-order valence-corrected chi connectivity index (χ4v) is 2.47. The van der Waals surface area contributed by atoms with E-state index in [0.717, 1.165) is 16.0 Å². The topological polar surface area (TPSA) is 55.8 Å². The van der Waals surface area contributed by atoms with E-state index in [4.69, 9.17) is 9.47 Å². The van der Waals surface area contributed by atoms with Gasteiger partial charge in [0, 0.05) is 5.56 Å². The lowest BCUT2D eigenvalue weighted by Crippen LogP contribution is -2.42. The van der Waals surface area contributed by atoms with Crippen molar-refractivity contribution in [2.75, 3.05) is 0 Å². The molecule has 0 aliphatic carbocycles. The van der Waals surface area contributed by atoms with Gasteiger partial charge in [-0.2, -0.15) is 4.90 Å². The lowest BCUT2D eigenvalue weighted by Gasteiger charge is -2.28. The van der Waals surface area contributed by atoms with Gasteiger partial charge in [-0.15, -0.1) is 0 Å². The van der Waals surface area contributed by atoms with Crippen LogP contribution in [0.25, 0.3) is 6.08 Å². The van der Waals surface area contributed by atoms with Crippen LogP contribution in [0.15, 0.2) is 78.4 Å². The van der Waals surface area contributed by atoms with E-state index < -0.39 is 17.6 Å². The molecule has 1 aliphatic rings. The highest BCUT2D eigenvalue weighted by Gasteiger charge is 2.35. The monoisotopic (exact) mass is 387 g/mol. The maximum atomic E-state index is 13.0. The summed E-state index contributed by atoms with van der Waals surface area (Å²) in [5.74, 6) is 5.13. The van der Waals surface area contributed by atoms with E-state index in [-0.39, 0.29) is 11.5 Å². The zero-order chi connectivity index (χ0) is 20.9. The number of carbonyl (C=O) groups excluding carboxylic acids is 2. The van der Waals surface area contributed by atoms with E-state index in [1.165, 1.54) is 6.26 Å². The summed E-state index contributed by atoms with van der Waals surface area (Å²) < 4.78 is 10.9. The molecule has 0 bridgehead atoms. The number of benzene rings is 2. The van der Waals surface area contributed by atoms with Gasteiger partial charge in [-0.25, -0.2) is 4.79 Å². The number of imide groups is 1. The van der Waals surface area contributed by atoms with Crippen molar-refractivity contribution < 1.29 is 19.1 Å². The van der Waals surface area contributed by atoms with Crippen molar-refractivity contribution in [2.24, 2.45) is 0 Å². The van der Waals surface area contributed by atoms with Crippen LogP contribution in [0.4, 0.5) is 4.79 Å². The van der Waals surface area contributed by atoms with Crippen molar-refractivity contribution in [3.05, 3.63) is 89.5 Å². The van der Waals surface area contributed by atoms with E-state index in [9.17, 15) is 9.59 Å². The van der Waals surface area contributed by atoms with Gasteiger partial charge >= 0.3 is 12.0 Å². The predicted octanol–water partition coefficient (Wildman–Crippen LogP) is 4.71. The molecule has 146 valence electrons. The Morgan fingerprint density at radius 1 is 1.00 bits per heavy atom. The summed E-state index contributed by atoms with van der Waals surface area (Å²) in [7, 11) is 0. The molecule has 1 aliphatic heterocycles. The number of allylic oxidation sites excluding steroid dienone is 1. The molecular weight excluding hydrogens is 366 g/mol. The van der Waals surface area contributed by atoms with Gasteiger partial charge < -0.3 is 9.47 Å². The Hall–Kier alpha value is -3.78. The quantitative estimate of drug-likeness (QED) is 0.525. The van der Waals surface area contributed by atoms with Crippen molar-refractivity contribution in [3.8, 4) is 11.8 Å². The van der Waals surface area contributed by atoms with Crippen molar-refractivity contribution in [1.82, 2.24) is 4.90 Å². The van der Waals surface area contributed by atoms with Crippen LogP contribution in [0.3, 0.4) is 0 Å². The maximum absolute atomic E-state index is 13.0. The maximum Gasteiger partial charge on any atom is 0.422 e. The Morgan fingerprint density at radius 2 is 1.62 bits per heavy atom. The molecule has 0 saturated heterocycles. The number of carbonyl (C=O) groups is 2. The van der Waals surface area contributed by atoms with Gasteiger partial charge in [0.05, 0.1) is 0 Å². The molecular formula is C24H21NO4. The highest BCUT2D eigenvalue weighted by atomic mass is 16.6. The van der Waals surface area contributed by atoms with Gasteiger partial charge in [0.15, 0.2) is 5.76 Å². The third kappa shape index (κ3) is 5.36. The molecule has 1 heterocycles. The normalized spacial score (nSPS) is 15.1. The van der Waals surface area contributed by atoms with Gasteiger partial charge in [0.2, 0.25) is 0 Å². The molecule has 29 heavy (non-hydrogen) atoms. The van der Waals surface area contributed by atoms with Gasteiger partial charge in [0.25, 0.3) is 0 Å². The molecule has 3 rings (SSSR count). The minimum atomic E-state index is -0.807. The molecule has 2 aromatic carbocycles. The average Bonchev–Trinajstić information content (AvgIpc) is 2.68. The molecule has 0 atom stereocenters. The highest BCUT2D eigenvalue weighted by Crippen LogP contribution is 2.23. The Balaban J connectivity index is 1.97. The van der Waals surface area contributed by atoms with E-state index in [0.29, 0.717) is 0 Å². The summed E-state index contributed by atoms with van der Waals surface area (Å²) >= 11 is 0. The number of hydrogen-bond donors (Lipinski definition) is 0. The minimum absolute atomic E-state index is 0.00678. The molecule has 0 unspecified atom stereocenters. The van der Waals surface area contributed by atoms with Crippen LogP contribution in [-0.4, -0.2) is 22.5 Å². The third-order valence-electron chi connectivity index (χ3n) is 3.73. The lowest BCUT2D eigenvalue weighted by atomic mass is 10.1. The summed E-state index contributed by atoms with van der Waals surface area (Å²) in [6.45, 7) is 5.20. The molecule has 0 spiro atoms. The van der Waals surface area contributed by atoms with Crippen molar-refractivity contribution >= 4 is 18.1 Å². The molecule has 2 aromatic rings. The van der Waals surface area contributed by atoms with E-state index in [1.54, 1.807) is 26.8 Å². The molecule has 0 radical (unpaired) electrons. The zero-order valence-corrected chi connectivity index (χ0v) is 16.5. The van der Waals surface area contributed by atoms with Crippen LogP contribution in [0.1, 0.15) is 31.9 Å². The second kappa shape index (κ2) is 8.49. The Morgan fingerprint density at radius 3 is 2.24 bits per heavy atom. The summed E-state index contributed by atoms with van der Waals surface area (Å²) in [5, 5.41) is 0. The number of nitrogens with zero attached hydrogens (tertiary/aromatic N) is 1. The number of ether oxygens (including phenoxy) is 2. The minimum Gasteiger partial charge on any atom is -0.456 e. The molecule has 0 fully saturated rings. The fourth-order valence-electron chi connectivity index (χ4n) is 2.47. The Kier molecular flexibility index (Phi) is 5.85. The lowest BCUT2D eigenvalue weighted by molar-refractivity contribution is -0.128. The van der Waals surface area contributed by atoms with Crippen LogP contribution >= 0.6 is 0 Å². The van der Waals surface area contributed by atoms with Crippen LogP contribution in [0, 0.1) is 11.8 Å². The molecule has 0 N–H and O–H groups in total. The first-order chi connectivity index (χ1) is 13.8. The highest BCUT2D eigenvalue weighted by molar-refractivity contribution is 6.06. The van der Waals surface area contributed by atoms with Crippen LogP contribution in [-0.2, 0) is 14.3 Å². The summed E-state index contributed by atoms with van der Waals surface area (Å²) in [5.41, 5.74) is 0.859. The largest absolute Gasteiger partial charge is 0.456 e. The number of hydrogen-bond acceptors (Lipinski definition) is 4. The SMILES string of the molecule is CC(C)(C)OC(=O)N1C(=O)/C(=C/c2ccccc2)OC=C1C#Cc1ccccc1. The fraction of sp³-hybridized carbons (Fsp3) is 0.167. The van der Waals surface area contributed by atoms with E-state index in [1.807, 2.05) is 60.7 Å². The second-order valence-corrected chi connectivity index (χ2v) is 7.28. The van der Waals surface area contributed by atoms with Crippen LogP contribution in [0.2, 0.25) is 0 Å². The van der Waals surface area contributed by atoms with Crippen molar-refractivity contribution in [2.45, 2.75) is 26.4 Å². The van der Waals surface area contributed by atoms with Gasteiger partial charge in [-0.05, 0) is 50.5 Å². The van der Waals surface area contributed by atoms with Gasteiger partial charge in [-0.3, -0.25) is 4.79 Å². The summed E-state index contributed by atoms with van der Waals surface area (Å²) in [6, 6.07) is 18.5. The Labute approximate surface area is 170 Å². The van der Waals surface area contributed by atoms with Crippen molar-refractivity contribution in [1.29, 1.82) is 0 Å².